The minimum atomic E-state index is -0.530. The zero-order valence-electron chi connectivity index (χ0n) is 18.3. The molecule has 2 aromatic carbocycles. The van der Waals surface area contributed by atoms with Gasteiger partial charge in [-0.05, 0) is 37.5 Å². The Morgan fingerprint density at radius 3 is 2.50 bits per heavy atom. The average molecular weight is 440 g/mol. The van der Waals surface area contributed by atoms with Crippen molar-refractivity contribution in [3.05, 3.63) is 64.2 Å². The maximum atomic E-state index is 13.2. The summed E-state index contributed by atoms with van der Waals surface area (Å²) in [6, 6.07) is 13.0. The molecule has 8 nitrogen and oxygen atoms in total. The number of para-hydroxylation sites is 1. The van der Waals surface area contributed by atoms with Gasteiger partial charge in [0.25, 0.3) is 11.6 Å². The molecule has 0 radical (unpaired) electrons. The molecule has 0 atom stereocenters. The van der Waals surface area contributed by atoms with Gasteiger partial charge in [0.1, 0.15) is 11.5 Å². The Kier molecular flexibility index (Phi) is 8.19. The van der Waals surface area contributed by atoms with Crippen molar-refractivity contribution in [3.63, 3.8) is 0 Å². The summed E-state index contributed by atoms with van der Waals surface area (Å²) in [5.74, 6) is 0.389. The van der Waals surface area contributed by atoms with Crippen LogP contribution in [0.5, 0.6) is 11.5 Å². The van der Waals surface area contributed by atoms with Crippen molar-refractivity contribution in [2.75, 3.05) is 19.6 Å². The van der Waals surface area contributed by atoms with E-state index in [0.29, 0.717) is 38.2 Å². The lowest BCUT2D eigenvalue weighted by molar-refractivity contribution is -0.384. The van der Waals surface area contributed by atoms with Crippen LogP contribution in [0.3, 0.4) is 0 Å². The van der Waals surface area contributed by atoms with Crippen LogP contribution in [0.4, 0.5) is 5.69 Å². The summed E-state index contributed by atoms with van der Waals surface area (Å²) in [7, 11) is 0. The highest BCUT2D eigenvalue weighted by Gasteiger charge is 2.30. The molecule has 1 saturated heterocycles. The molecule has 1 aliphatic heterocycles. The zero-order chi connectivity index (χ0) is 22.9. The summed E-state index contributed by atoms with van der Waals surface area (Å²) in [5.41, 5.74) is -0.0272. The van der Waals surface area contributed by atoms with E-state index in [0.717, 1.165) is 19.3 Å². The van der Waals surface area contributed by atoms with Crippen molar-refractivity contribution in [1.29, 1.82) is 0 Å². The number of nitro benzene ring substituents is 1. The molecule has 32 heavy (non-hydrogen) atoms. The van der Waals surface area contributed by atoms with Crippen LogP contribution in [0.1, 0.15) is 49.4 Å². The Morgan fingerprint density at radius 1 is 1.12 bits per heavy atom. The Bertz CT molecular complexity index is 940. The maximum absolute atomic E-state index is 13.2. The molecule has 1 fully saturated rings. The number of nitro groups is 1. The molecule has 8 heteroatoms. The third-order valence-electron chi connectivity index (χ3n) is 5.61. The van der Waals surface area contributed by atoms with E-state index in [1.165, 1.54) is 18.2 Å². The molecule has 3 rings (SSSR count). The van der Waals surface area contributed by atoms with Gasteiger partial charge < -0.3 is 15.0 Å². The minimum Gasteiger partial charge on any atom is -0.457 e. The van der Waals surface area contributed by atoms with Crippen molar-refractivity contribution in [1.82, 2.24) is 10.2 Å². The number of rotatable bonds is 9. The van der Waals surface area contributed by atoms with E-state index in [4.69, 9.17) is 4.74 Å². The topological polar surface area (TPSA) is 102 Å². The molecule has 0 saturated carbocycles. The summed E-state index contributed by atoms with van der Waals surface area (Å²) in [6.07, 6.45) is 4.29. The lowest BCUT2D eigenvalue weighted by atomic mass is 9.95. The SMILES string of the molecule is CCCCCNC(=O)C1CCN(C(=O)c2cc([N+](=O)[O-])ccc2Oc2ccccc2)CC1. The third kappa shape index (κ3) is 6.06. The van der Waals surface area contributed by atoms with Crippen LogP contribution in [0.25, 0.3) is 0 Å². The van der Waals surface area contributed by atoms with E-state index in [2.05, 4.69) is 12.2 Å². The molecule has 1 aliphatic rings. The fourth-order valence-electron chi connectivity index (χ4n) is 3.75. The molecule has 2 aromatic rings. The number of benzene rings is 2. The Hall–Kier alpha value is -3.42. The highest BCUT2D eigenvalue weighted by molar-refractivity contribution is 5.98. The first-order valence-electron chi connectivity index (χ1n) is 11.1. The number of hydrogen-bond donors (Lipinski definition) is 1. The number of non-ortho nitro benzene ring substituents is 1. The predicted octanol–water partition coefficient (Wildman–Crippen LogP) is 4.55. The highest BCUT2D eigenvalue weighted by atomic mass is 16.6. The largest absolute Gasteiger partial charge is 0.457 e. The fraction of sp³-hybridized carbons (Fsp3) is 0.417. The van der Waals surface area contributed by atoms with Gasteiger partial charge in [-0.15, -0.1) is 0 Å². The average Bonchev–Trinajstić information content (AvgIpc) is 2.82. The molecule has 2 amide bonds. The molecule has 0 aromatic heterocycles. The molecular formula is C24H29N3O5. The van der Waals surface area contributed by atoms with Crippen molar-refractivity contribution in [2.24, 2.45) is 5.92 Å². The van der Waals surface area contributed by atoms with Crippen LogP contribution < -0.4 is 10.1 Å². The molecule has 0 spiro atoms. The minimum absolute atomic E-state index is 0.0386. The van der Waals surface area contributed by atoms with Gasteiger partial charge in [-0.2, -0.15) is 0 Å². The van der Waals surface area contributed by atoms with Gasteiger partial charge in [-0.1, -0.05) is 38.0 Å². The van der Waals surface area contributed by atoms with Crippen LogP contribution in [0, 0.1) is 16.0 Å². The zero-order valence-corrected chi connectivity index (χ0v) is 18.3. The lowest BCUT2D eigenvalue weighted by Crippen LogP contribution is -2.43. The quantitative estimate of drug-likeness (QED) is 0.351. The summed E-state index contributed by atoms with van der Waals surface area (Å²) < 4.78 is 5.85. The van der Waals surface area contributed by atoms with Gasteiger partial charge in [-0.3, -0.25) is 19.7 Å². The Balaban J connectivity index is 1.68. The summed E-state index contributed by atoms with van der Waals surface area (Å²) in [4.78, 5) is 38.0. The molecule has 0 bridgehead atoms. The molecule has 1 heterocycles. The first-order chi connectivity index (χ1) is 15.5. The number of carbonyl (C=O) groups is 2. The summed E-state index contributed by atoms with van der Waals surface area (Å²) in [5, 5.41) is 14.2. The standard InChI is InChI=1S/C24H29N3O5/c1-2-3-7-14-25-23(28)18-12-15-26(16-13-18)24(29)21-17-19(27(30)31)10-11-22(21)32-20-8-5-4-6-9-20/h4-6,8-11,17-18H,2-3,7,12-16H2,1H3,(H,25,28). The number of ether oxygens (including phenoxy) is 1. The van der Waals surface area contributed by atoms with Crippen LogP contribution >= 0.6 is 0 Å². The van der Waals surface area contributed by atoms with Crippen molar-refractivity contribution < 1.29 is 19.2 Å². The second-order valence-corrected chi connectivity index (χ2v) is 7.92. The van der Waals surface area contributed by atoms with Gasteiger partial charge in [0, 0.05) is 37.7 Å². The van der Waals surface area contributed by atoms with Crippen LogP contribution in [0.2, 0.25) is 0 Å². The van der Waals surface area contributed by atoms with Gasteiger partial charge in [0.15, 0.2) is 0 Å². The normalized spacial score (nSPS) is 14.1. The smallest absolute Gasteiger partial charge is 0.270 e. The second-order valence-electron chi connectivity index (χ2n) is 7.92. The number of amides is 2. The summed E-state index contributed by atoms with van der Waals surface area (Å²) >= 11 is 0. The molecule has 0 aliphatic carbocycles. The van der Waals surface area contributed by atoms with Crippen LogP contribution in [0.15, 0.2) is 48.5 Å². The Labute approximate surface area is 187 Å². The van der Waals surface area contributed by atoms with Crippen molar-refractivity contribution >= 4 is 17.5 Å². The van der Waals surface area contributed by atoms with Crippen molar-refractivity contribution in [3.8, 4) is 11.5 Å². The maximum Gasteiger partial charge on any atom is 0.270 e. The number of carbonyl (C=O) groups excluding carboxylic acids is 2. The number of nitrogens with one attached hydrogen (secondary N) is 1. The molecule has 1 N–H and O–H groups in total. The number of hydrogen-bond acceptors (Lipinski definition) is 5. The van der Waals surface area contributed by atoms with E-state index in [1.807, 2.05) is 6.07 Å². The Morgan fingerprint density at radius 2 is 1.84 bits per heavy atom. The van der Waals surface area contributed by atoms with Gasteiger partial charge in [0.2, 0.25) is 5.91 Å². The lowest BCUT2D eigenvalue weighted by Gasteiger charge is -2.31. The van der Waals surface area contributed by atoms with E-state index >= 15 is 0 Å². The number of nitrogens with zero attached hydrogens (tertiary/aromatic N) is 2. The number of unbranched alkanes of at least 4 members (excludes halogenated alkanes) is 2. The van der Waals surface area contributed by atoms with Crippen molar-refractivity contribution in [2.45, 2.75) is 39.0 Å². The van der Waals surface area contributed by atoms with Crippen LogP contribution in [-0.4, -0.2) is 41.3 Å². The van der Waals surface area contributed by atoms with E-state index in [1.54, 1.807) is 29.2 Å². The first kappa shape index (κ1) is 23.2. The molecule has 0 unspecified atom stereocenters. The van der Waals surface area contributed by atoms with Gasteiger partial charge in [0.05, 0.1) is 10.5 Å². The number of piperidine rings is 1. The summed E-state index contributed by atoms with van der Waals surface area (Å²) in [6.45, 7) is 3.63. The van der Waals surface area contributed by atoms with E-state index < -0.39 is 4.92 Å². The number of likely N-dealkylation sites (tertiary alicyclic amines) is 1. The highest BCUT2D eigenvalue weighted by Crippen LogP contribution is 2.31. The monoisotopic (exact) mass is 439 g/mol. The second kappa shape index (κ2) is 11.3. The van der Waals surface area contributed by atoms with Crippen LogP contribution in [-0.2, 0) is 4.79 Å². The van der Waals surface area contributed by atoms with Gasteiger partial charge in [-0.25, -0.2) is 0 Å². The van der Waals surface area contributed by atoms with E-state index in [9.17, 15) is 19.7 Å². The fourth-order valence-corrected chi connectivity index (χ4v) is 3.75. The first-order valence-corrected chi connectivity index (χ1v) is 11.1. The predicted molar refractivity (Wildman–Crippen MR) is 121 cm³/mol. The molecular weight excluding hydrogens is 410 g/mol. The van der Waals surface area contributed by atoms with E-state index in [-0.39, 0.29) is 34.7 Å². The van der Waals surface area contributed by atoms with Gasteiger partial charge >= 0.3 is 0 Å². The third-order valence-corrected chi connectivity index (χ3v) is 5.61. The molecule has 170 valence electrons.